The molecule has 8 aromatic carbocycles. The summed E-state index contributed by atoms with van der Waals surface area (Å²) in [5.74, 6) is 0. The number of amides is 1. The Balaban J connectivity index is 1.13. The third-order valence-electron chi connectivity index (χ3n) is 13.6. The largest absolute Gasteiger partial charge is 0.447 e. The highest BCUT2D eigenvalue weighted by Crippen LogP contribution is 2.43. The Kier molecular flexibility index (Phi) is 16.9. The van der Waals surface area contributed by atoms with Crippen LogP contribution in [0.5, 0.6) is 0 Å². The van der Waals surface area contributed by atoms with Crippen LogP contribution in [0.4, 0.5) is 38.9 Å². The van der Waals surface area contributed by atoms with Gasteiger partial charge in [-0.25, -0.2) is 4.79 Å². The van der Waals surface area contributed by atoms with Crippen LogP contribution in [0.15, 0.2) is 133 Å². The third kappa shape index (κ3) is 11.4. The molecule has 1 amide bonds. The molecule has 0 aliphatic rings. The van der Waals surface area contributed by atoms with Crippen LogP contribution in [0.2, 0.25) is 0 Å². The molecule has 68 heavy (non-hydrogen) atoms. The average molecular weight is 907 g/mol. The molecule has 0 bridgehead atoms. The highest BCUT2D eigenvalue weighted by molar-refractivity contribution is 6.16. The van der Waals surface area contributed by atoms with Crippen molar-refractivity contribution in [3.8, 4) is 0 Å². The molecule has 0 saturated carbocycles. The van der Waals surface area contributed by atoms with Gasteiger partial charge in [0, 0.05) is 28.6 Å². The fourth-order valence-corrected chi connectivity index (χ4v) is 10.1. The van der Waals surface area contributed by atoms with E-state index in [1.165, 1.54) is 114 Å². The van der Waals surface area contributed by atoms with Crippen molar-refractivity contribution in [2.75, 3.05) is 41.5 Å². The van der Waals surface area contributed by atoms with Crippen LogP contribution in [-0.4, -0.2) is 31.5 Å². The zero-order valence-electron chi connectivity index (χ0n) is 40.5. The molecule has 0 atom stereocenters. The van der Waals surface area contributed by atoms with Gasteiger partial charge in [0.1, 0.15) is 6.61 Å². The van der Waals surface area contributed by atoms with Crippen molar-refractivity contribution in [1.82, 2.24) is 0 Å². The normalized spacial score (nSPS) is 11.4. The molecule has 7 nitrogen and oxygen atoms in total. The monoisotopic (exact) mass is 907 g/mol. The molecule has 0 saturated heterocycles. The van der Waals surface area contributed by atoms with E-state index in [2.05, 4.69) is 163 Å². The van der Waals surface area contributed by atoms with Gasteiger partial charge in [-0.15, -0.1) is 0 Å². The van der Waals surface area contributed by atoms with Crippen molar-refractivity contribution >= 4 is 83.3 Å². The minimum Gasteiger partial charge on any atom is -0.447 e. The second-order valence-electron chi connectivity index (χ2n) is 18.3. The molecule has 0 unspecified atom stereocenters. The van der Waals surface area contributed by atoms with E-state index in [1.807, 2.05) is 13.1 Å². The number of carbonyl (C=O) groups excluding carboxylic acids is 1. The quantitative estimate of drug-likeness (QED) is 0.0306. The molecule has 0 fully saturated rings. The van der Waals surface area contributed by atoms with Crippen LogP contribution in [0.1, 0.15) is 113 Å². The smallest absolute Gasteiger partial charge is 0.411 e. The lowest BCUT2D eigenvalue weighted by atomic mass is 9.91. The van der Waals surface area contributed by atoms with Crippen LogP contribution < -0.4 is 21.3 Å². The number of aliphatic hydroxyl groups is 1. The lowest BCUT2D eigenvalue weighted by molar-refractivity contribution is 0.131. The lowest BCUT2D eigenvalue weighted by Gasteiger charge is -2.21. The Labute approximate surface area is 403 Å². The number of unbranched alkanes of at least 4 members (excludes halogenated alkanes) is 10. The summed E-state index contributed by atoms with van der Waals surface area (Å²) in [5.41, 5.74) is 10.5. The standard InChI is InChI=1S/C61H70N4O3/c1-4-6-8-10-12-14-24-45-47-26-16-20-30-51(47)59(52-31-21-17-27-48(45)52)63-57-41-43(34-36-55(57)62-3)40-44-35-37-56(65-61(67)68-39-38-66)58(42-44)64-60-53-32-22-18-28-49(53)46(25-15-13-11-9-7-5-2)50-29-19-23-33-54(50)60/h16-23,26-37,41-42,62-64,66H,4-15,24-25,38-40H2,1-3H3,(H,65,67). The summed E-state index contributed by atoms with van der Waals surface area (Å²) in [6.45, 7) is 4.21. The van der Waals surface area contributed by atoms with Crippen LogP contribution >= 0.6 is 0 Å². The van der Waals surface area contributed by atoms with E-state index in [-0.39, 0.29) is 13.2 Å². The average Bonchev–Trinajstić information content (AvgIpc) is 3.37. The Hall–Kier alpha value is -6.57. The first-order valence-electron chi connectivity index (χ1n) is 25.4. The van der Waals surface area contributed by atoms with Gasteiger partial charge in [0.05, 0.1) is 40.7 Å². The lowest BCUT2D eigenvalue weighted by Crippen LogP contribution is -2.16. The molecular formula is C61H70N4O3. The molecule has 0 radical (unpaired) electrons. The van der Waals surface area contributed by atoms with Gasteiger partial charge >= 0.3 is 6.09 Å². The van der Waals surface area contributed by atoms with Gasteiger partial charge in [0.2, 0.25) is 0 Å². The number of ether oxygens (including phenoxy) is 1. The summed E-state index contributed by atoms with van der Waals surface area (Å²) in [6.07, 6.45) is 17.3. The topological polar surface area (TPSA) is 94.7 Å². The van der Waals surface area contributed by atoms with Gasteiger partial charge in [-0.05, 0) is 100 Å². The van der Waals surface area contributed by atoms with Crippen molar-refractivity contribution in [2.45, 2.75) is 110 Å². The maximum Gasteiger partial charge on any atom is 0.411 e. The summed E-state index contributed by atoms with van der Waals surface area (Å²) in [6, 6.07) is 47.9. The van der Waals surface area contributed by atoms with E-state index in [1.54, 1.807) is 0 Å². The summed E-state index contributed by atoms with van der Waals surface area (Å²) in [5, 5.41) is 33.5. The first-order valence-corrected chi connectivity index (χ1v) is 25.4. The van der Waals surface area contributed by atoms with Gasteiger partial charge in [0.25, 0.3) is 0 Å². The van der Waals surface area contributed by atoms with E-state index in [0.29, 0.717) is 12.1 Å². The maximum atomic E-state index is 13.0. The highest BCUT2D eigenvalue weighted by Gasteiger charge is 2.19. The van der Waals surface area contributed by atoms with Gasteiger partial charge < -0.3 is 25.8 Å². The highest BCUT2D eigenvalue weighted by atomic mass is 16.6. The molecular weight excluding hydrogens is 837 g/mol. The van der Waals surface area contributed by atoms with Gasteiger partial charge in [-0.1, -0.05) is 187 Å². The minimum atomic E-state index is -0.618. The molecule has 0 spiro atoms. The minimum absolute atomic E-state index is 0.0874. The SMILES string of the molecule is CCCCCCCCc1c2ccccc2c(Nc2cc(Cc3ccc(NC(=O)OCCO)c(Nc4c5ccccc5c(CCCCCCCC)c5ccccc45)c3)ccc2NC)c2ccccc12. The van der Waals surface area contributed by atoms with Crippen LogP contribution in [0.3, 0.4) is 0 Å². The van der Waals surface area contributed by atoms with Crippen LogP contribution in [-0.2, 0) is 24.0 Å². The number of carbonyl (C=O) groups is 1. The molecule has 5 N–H and O–H groups in total. The first kappa shape index (κ1) is 47.9. The second kappa shape index (κ2) is 23.9. The van der Waals surface area contributed by atoms with Crippen molar-refractivity contribution in [1.29, 1.82) is 0 Å². The summed E-state index contributed by atoms with van der Waals surface area (Å²) in [7, 11) is 1.98. The number of hydrogen-bond donors (Lipinski definition) is 5. The second-order valence-corrected chi connectivity index (χ2v) is 18.3. The van der Waals surface area contributed by atoms with Crippen molar-refractivity contribution in [2.24, 2.45) is 0 Å². The predicted molar refractivity (Wildman–Crippen MR) is 291 cm³/mol. The van der Waals surface area contributed by atoms with Crippen LogP contribution in [0.25, 0.3) is 43.1 Å². The number of rotatable bonds is 24. The first-order chi connectivity index (χ1) is 33.5. The molecule has 0 aliphatic carbocycles. The fraction of sp³-hybridized carbons (Fsp3) is 0.328. The zero-order valence-corrected chi connectivity index (χ0v) is 40.5. The van der Waals surface area contributed by atoms with Gasteiger partial charge in [0.15, 0.2) is 0 Å². The van der Waals surface area contributed by atoms with Crippen molar-refractivity contribution in [3.05, 3.63) is 156 Å². The number of benzene rings is 8. The van der Waals surface area contributed by atoms with Crippen LogP contribution in [0, 0.1) is 0 Å². The molecule has 8 aromatic rings. The van der Waals surface area contributed by atoms with E-state index >= 15 is 0 Å². The number of aryl methyl sites for hydroxylation is 2. The summed E-state index contributed by atoms with van der Waals surface area (Å²) in [4.78, 5) is 13.0. The molecule has 352 valence electrons. The zero-order chi connectivity index (χ0) is 47.1. The van der Waals surface area contributed by atoms with E-state index in [4.69, 9.17) is 4.74 Å². The molecule has 0 heterocycles. The number of aliphatic hydroxyl groups excluding tert-OH is 1. The van der Waals surface area contributed by atoms with E-state index < -0.39 is 6.09 Å². The predicted octanol–water partition coefficient (Wildman–Crippen LogP) is 16.8. The third-order valence-corrected chi connectivity index (χ3v) is 13.6. The summed E-state index contributed by atoms with van der Waals surface area (Å²) >= 11 is 0. The molecule has 7 heteroatoms. The van der Waals surface area contributed by atoms with Gasteiger partial charge in [-0.3, -0.25) is 5.32 Å². The number of fused-ring (bicyclic) bond motifs is 4. The Morgan fingerprint density at radius 1 is 0.471 bits per heavy atom. The molecule has 0 aliphatic heterocycles. The van der Waals surface area contributed by atoms with E-state index in [0.717, 1.165) is 69.6 Å². The Morgan fingerprint density at radius 2 is 0.853 bits per heavy atom. The molecule has 0 aromatic heterocycles. The summed E-state index contributed by atoms with van der Waals surface area (Å²) < 4.78 is 5.29. The molecule has 8 rings (SSSR count). The maximum absolute atomic E-state index is 13.0. The number of anilines is 6. The number of hydrogen-bond acceptors (Lipinski definition) is 6. The number of nitrogens with one attached hydrogen (secondary N) is 4. The fourth-order valence-electron chi connectivity index (χ4n) is 10.1. The van der Waals surface area contributed by atoms with Gasteiger partial charge in [-0.2, -0.15) is 0 Å². The van der Waals surface area contributed by atoms with E-state index in [9.17, 15) is 9.90 Å². The van der Waals surface area contributed by atoms with Crippen molar-refractivity contribution in [3.63, 3.8) is 0 Å². The van der Waals surface area contributed by atoms with Crippen molar-refractivity contribution < 1.29 is 14.6 Å². The Bertz CT molecular complexity index is 2850. The Morgan fingerprint density at radius 3 is 1.26 bits per heavy atom.